The van der Waals surface area contributed by atoms with Gasteiger partial charge >= 0.3 is 0 Å². The first-order valence-electron chi connectivity index (χ1n) is 7.22. The van der Waals surface area contributed by atoms with Crippen LogP contribution in [0.15, 0.2) is 6.07 Å². The van der Waals surface area contributed by atoms with E-state index >= 15 is 0 Å². The van der Waals surface area contributed by atoms with Gasteiger partial charge in [0.1, 0.15) is 0 Å². The zero-order valence-corrected chi connectivity index (χ0v) is 13.9. The Kier molecular flexibility index (Phi) is 5.60. The Morgan fingerprint density at radius 1 is 1.35 bits per heavy atom. The van der Waals surface area contributed by atoms with Crippen molar-refractivity contribution in [3.63, 3.8) is 0 Å². The number of hydrogen-bond acceptors (Lipinski definition) is 5. The summed E-state index contributed by atoms with van der Waals surface area (Å²) in [5.41, 5.74) is 1.35. The van der Waals surface area contributed by atoms with Crippen molar-refractivity contribution < 1.29 is 8.42 Å². The standard InChI is InChI=1S/C14H24N2O2S2/c1-3-4-15-10-14-9-13(12(2)19-14)11-16-5-7-20(17,18)8-6-16/h9,15H,3-8,10-11H2,1-2H3. The highest BCUT2D eigenvalue weighted by atomic mass is 32.2. The Hall–Kier alpha value is -0.430. The van der Waals surface area contributed by atoms with Crippen molar-refractivity contribution >= 4 is 21.2 Å². The zero-order chi connectivity index (χ0) is 14.6. The van der Waals surface area contributed by atoms with Crippen LogP contribution in [0.1, 0.15) is 28.7 Å². The summed E-state index contributed by atoms with van der Waals surface area (Å²) < 4.78 is 22.9. The van der Waals surface area contributed by atoms with E-state index in [9.17, 15) is 8.42 Å². The van der Waals surface area contributed by atoms with Crippen molar-refractivity contribution in [2.24, 2.45) is 0 Å². The highest BCUT2D eigenvalue weighted by molar-refractivity contribution is 7.91. The van der Waals surface area contributed by atoms with E-state index in [-0.39, 0.29) is 0 Å². The van der Waals surface area contributed by atoms with Gasteiger partial charge in [0, 0.05) is 35.9 Å². The molecule has 0 saturated carbocycles. The van der Waals surface area contributed by atoms with Crippen LogP contribution in [0, 0.1) is 6.92 Å². The van der Waals surface area contributed by atoms with E-state index < -0.39 is 9.84 Å². The van der Waals surface area contributed by atoms with Crippen LogP contribution in [-0.4, -0.2) is 44.5 Å². The van der Waals surface area contributed by atoms with Crippen LogP contribution in [0.25, 0.3) is 0 Å². The molecule has 20 heavy (non-hydrogen) atoms. The molecule has 0 bridgehead atoms. The number of aryl methyl sites for hydroxylation is 1. The molecule has 4 nitrogen and oxygen atoms in total. The molecule has 1 aromatic rings. The van der Waals surface area contributed by atoms with Gasteiger partial charge in [-0.2, -0.15) is 0 Å². The third-order valence-electron chi connectivity index (χ3n) is 3.63. The smallest absolute Gasteiger partial charge is 0.152 e. The van der Waals surface area contributed by atoms with Gasteiger partial charge in [0.05, 0.1) is 11.5 Å². The lowest BCUT2D eigenvalue weighted by atomic mass is 10.2. The Bertz CT molecular complexity index is 523. The quantitative estimate of drug-likeness (QED) is 0.813. The average molecular weight is 316 g/mol. The molecule has 1 N–H and O–H groups in total. The van der Waals surface area contributed by atoms with Crippen LogP contribution in [0.3, 0.4) is 0 Å². The number of nitrogens with one attached hydrogen (secondary N) is 1. The van der Waals surface area contributed by atoms with Crippen LogP contribution in [0.2, 0.25) is 0 Å². The van der Waals surface area contributed by atoms with Crippen LogP contribution in [-0.2, 0) is 22.9 Å². The van der Waals surface area contributed by atoms with Gasteiger partial charge < -0.3 is 5.32 Å². The Labute approximate surface area is 126 Å². The maximum absolute atomic E-state index is 11.4. The molecule has 1 aromatic heterocycles. The first kappa shape index (κ1) is 15.9. The second-order valence-corrected chi connectivity index (χ2v) is 9.04. The van der Waals surface area contributed by atoms with E-state index in [1.165, 1.54) is 15.3 Å². The van der Waals surface area contributed by atoms with E-state index in [4.69, 9.17) is 0 Å². The SMILES string of the molecule is CCCNCc1cc(CN2CCS(=O)(=O)CC2)c(C)s1. The van der Waals surface area contributed by atoms with Gasteiger partial charge in [-0.15, -0.1) is 11.3 Å². The van der Waals surface area contributed by atoms with E-state index in [1.807, 2.05) is 11.3 Å². The fraction of sp³-hybridized carbons (Fsp3) is 0.714. The fourth-order valence-corrected chi connectivity index (χ4v) is 4.67. The summed E-state index contributed by atoms with van der Waals surface area (Å²) in [4.78, 5) is 4.97. The van der Waals surface area contributed by atoms with Gasteiger partial charge in [0.25, 0.3) is 0 Å². The molecule has 1 fully saturated rings. The third-order valence-corrected chi connectivity index (χ3v) is 6.33. The number of nitrogens with zero attached hydrogens (tertiary/aromatic N) is 1. The molecule has 0 radical (unpaired) electrons. The van der Waals surface area contributed by atoms with Crippen molar-refractivity contribution in [2.45, 2.75) is 33.4 Å². The molecule has 0 unspecified atom stereocenters. The fourth-order valence-electron chi connectivity index (χ4n) is 2.37. The molecule has 1 aliphatic heterocycles. The molecule has 2 heterocycles. The highest BCUT2D eigenvalue weighted by Gasteiger charge is 2.22. The van der Waals surface area contributed by atoms with Gasteiger partial charge in [-0.1, -0.05) is 6.92 Å². The topological polar surface area (TPSA) is 49.4 Å². The van der Waals surface area contributed by atoms with Gasteiger partial charge in [-0.3, -0.25) is 4.90 Å². The van der Waals surface area contributed by atoms with Crippen LogP contribution < -0.4 is 5.32 Å². The Morgan fingerprint density at radius 2 is 2.05 bits per heavy atom. The van der Waals surface area contributed by atoms with E-state index in [2.05, 4.69) is 30.1 Å². The summed E-state index contributed by atoms with van der Waals surface area (Å²) in [6.07, 6.45) is 1.15. The molecule has 0 aliphatic carbocycles. The lowest BCUT2D eigenvalue weighted by molar-refractivity contribution is 0.287. The van der Waals surface area contributed by atoms with Gasteiger partial charge in [0.15, 0.2) is 9.84 Å². The maximum atomic E-state index is 11.4. The van der Waals surface area contributed by atoms with E-state index in [0.717, 1.165) is 26.1 Å². The largest absolute Gasteiger partial charge is 0.312 e. The van der Waals surface area contributed by atoms with E-state index in [0.29, 0.717) is 24.6 Å². The normalized spacial score (nSPS) is 19.3. The first-order chi connectivity index (χ1) is 9.50. The second-order valence-electron chi connectivity index (χ2n) is 5.40. The summed E-state index contributed by atoms with van der Waals surface area (Å²) in [5, 5.41) is 3.42. The van der Waals surface area contributed by atoms with Crippen LogP contribution in [0.4, 0.5) is 0 Å². The lowest BCUT2D eigenvalue weighted by Crippen LogP contribution is -2.39. The van der Waals surface area contributed by atoms with Crippen molar-refractivity contribution in [1.29, 1.82) is 0 Å². The van der Waals surface area contributed by atoms with Crippen molar-refractivity contribution in [3.8, 4) is 0 Å². The van der Waals surface area contributed by atoms with Gasteiger partial charge in [-0.25, -0.2) is 8.42 Å². The van der Waals surface area contributed by atoms with Gasteiger partial charge in [-0.05, 0) is 31.5 Å². The second kappa shape index (κ2) is 7.02. The summed E-state index contributed by atoms with van der Waals surface area (Å²) in [6.45, 7) is 8.53. The minimum absolute atomic E-state index is 0.307. The van der Waals surface area contributed by atoms with Crippen molar-refractivity contribution in [3.05, 3.63) is 21.4 Å². The number of thiophene rings is 1. The summed E-state index contributed by atoms with van der Waals surface area (Å²) in [5.74, 6) is 0.613. The number of sulfone groups is 1. The highest BCUT2D eigenvalue weighted by Crippen LogP contribution is 2.23. The Balaban J connectivity index is 1.89. The maximum Gasteiger partial charge on any atom is 0.152 e. The summed E-state index contributed by atoms with van der Waals surface area (Å²) >= 11 is 1.85. The van der Waals surface area contributed by atoms with Crippen LogP contribution >= 0.6 is 11.3 Å². The van der Waals surface area contributed by atoms with Gasteiger partial charge in [0.2, 0.25) is 0 Å². The number of hydrogen-bond donors (Lipinski definition) is 1. The van der Waals surface area contributed by atoms with E-state index in [1.54, 1.807) is 0 Å². The molecular formula is C14H24N2O2S2. The van der Waals surface area contributed by atoms with Crippen LogP contribution in [0.5, 0.6) is 0 Å². The third kappa shape index (κ3) is 4.55. The Morgan fingerprint density at radius 3 is 2.70 bits per heavy atom. The summed E-state index contributed by atoms with van der Waals surface area (Å²) in [6, 6.07) is 2.27. The predicted octanol–water partition coefficient (Wildman–Crippen LogP) is 1.79. The molecule has 0 amide bonds. The minimum atomic E-state index is -2.78. The molecule has 114 valence electrons. The molecule has 6 heteroatoms. The van der Waals surface area contributed by atoms with Crippen molar-refractivity contribution in [2.75, 3.05) is 31.1 Å². The summed E-state index contributed by atoms with van der Waals surface area (Å²) in [7, 11) is -2.78. The molecule has 1 aliphatic rings. The zero-order valence-electron chi connectivity index (χ0n) is 12.3. The predicted molar refractivity (Wildman–Crippen MR) is 85.0 cm³/mol. The molecule has 1 saturated heterocycles. The molecular weight excluding hydrogens is 292 g/mol. The lowest BCUT2D eigenvalue weighted by Gasteiger charge is -2.26. The minimum Gasteiger partial charge on any atom is -0.312 e. The molecule has 0 aromatic carbocycles. The first-order valence-corrected chi connectivity index (χ1v) is 9.85. The number of rotatable bonds is 6. The van der Waals surface area contributed by atoms with Crippen molar-refractivity contribution in [1.82, 2.24) is 10.2 Å². The molecule has 0 spiro atoms. The molecule has 2 rings (SSSR count). The monoisotopic (exact) mass is 316 g/mol. The average Bonchev–Trinajstić information content (AvgIpc) is 2.73. The molecule has 0 atom stereocenters.